The van der Waals surface area contributed by atoms with Crippen LogP contribution in [0, 0.1) is 0 Å². The molecule has 1 saturated heterocycles. The fourth-order valence-corrected chi connectivity index (χ4v) is 1.94. The molecule has 0 aromatic rings. The molecule has 0 radical (unpaired) electrons. The van der Waals surface area contributed by atoms with Crippen molar-refractivity contribution in [2.45, 2.75) is 31.7 Å². The lowest BCUT2D eigenvalue weighted by Gasteiger charge is -2.33. The Hall–Kier alpha value is -0.340. The zero-order chi connectivity index (χ0) is 8.97. The maximum atomic E-state index is 5.50. The number of likely N-dealkylation sites (N-methyl/N-ethyl adjacent to an activating group) is 1. The third-order valence-corrected chi connectivity index (χ3v) is 2.71. The normalized spacial score (nSPS) is 25.7. The number of nitrogens with zero attached hydrogens (tertiary/aromatic N) is 1. The van der Waals surface area contributed by atoms with Crippen molar-refractivity contribution < 1.29 is 0 Å². The molecule has 0 bridgehead atoms. The summed E-state index contributed by atoms with van der Waals surface area (Å²) in [6.07, 6.45) is 4.94. The lowest BCUT2D eigenvalue weighted by Crippen LogP contribution is -2.37. The SMILES string of the molecule is C=C(CCN)C1CCCCN1C. The van der Waals surface area contributed by atoms with Crippen molar-refractivity contribution in [2.75, 3.05) is 20.1 Å². The van der Waals surface area contributed by atoms with Gasteiger partial charge in [-0.25, -0.2) is 0 Å². The molecule has 1 unspecified atom stereocenters. The second kappa shape index (κ2) is 4.63. The molecule has 0 saturated carbocycles. The lowest BCUT2D eigenvalue weighted by atomic mass is 9.95. The number of rotatable bonds is 3. The first kappa shape index (κ1) is 9.75. The largest absolute Gasteiger partial charge is 0.330 e. The predicted molar refractivity (Wildman–Crippen MR) is 53.1 cm³/mol. The van der Waals surface area contributed by atoms with Gasteiger partial charge in [0.05, 0.1) is 0 Å². The molecule has 1 fully saturated rings. The Morgan fingerprint density at radius 1 is 1.58 bits per heavy atom. The molecule has 1 rings (SSSR count). The van der Waals surface area contributed by atoms with Gasteiger partial charge >= 0.3 is 0 Å². The molecule has 2 nitrogen and oxygen atoms in total. The first-order chi connectivity index (χ1) is 5.75. The molecule has 0 aliphatic carbocycles. The average Bonchev–Trinajstić information content (AvgIpc) is 2.05. The zero-order valence-electron chi connectivity index (χ0n) is 8.05. The highest BCUT2D eigenvalue weighted by Gasteiger charge is 2.20. The summed E-state index contributed by atoms with van der Waals surface area (Å²) in [4.78, 5) is 2.40. The molecule has 2 N–H and O–H groups in total. The highest BCUT2D eigenvalue weighted by Crippen LogP contribution is 2.21. The first-order valence-electron chi connectivity index (χ1n) is 4.83. The van der Waals surface area contributed by atoms with Crippen molar-refractivity contribution in [2.24, 2.45) is 5.73 Å². The molecule has 0 aromatic carbocycles. The summed E-state index contributed by atoms with van der Waals surface area (Å²) in [5.74, 6) is 0. The van der Waals surface area contributed by atoms with Crippen molar-refractivity contribution >= 4 is 0 Å². The third-order valence-electron chi connectivity index (χ3n) is 2.71. The van der Waals surface area contributed by atoms with E-state index in [-0.39, 0.29) is 0 Å². The molecule has 70 valence electrons. The maximum Gasteiger partial charge on any atom is 0.0302 e. The average molecular weight is 168 g/mol. The van der Waals surface area contributed by atoms with Crippen molar-refractivity contribution in [3.63, 3.8) is 0 Å². The monoisotopic (exact) mass is 168 g/mol. The van der Waals surface area contributed by atoms with E-state index in [4.69, 9.17) is 5.73 Å². The molecule has 0 aromatic heterocycles. The third kappa shape index (κ3) is 2.32. The Morgan fingerprint density at radius 3 is 2.92 bits per heavy atom. The van der Waals surface area contributed by atoms with Gasteiger partial charge in [-0.15, -0.1) is 0 Å². The van der Waals surface area contributed by atoms with Crippen LogP contribution in [0.15, 0.2) is 12.2 Å². The van der Waals surface area contributed by atoms with Crippen LogP contribution in [-0.4, -0.2) is 31.1 Å². The van der Waals surface area contributed by atoms with E-state index in [9.17, 15) is 0 Å². The van der Waals surface area contributed by atoms with Gasteiger partial charge in [0.25, 0.3) is 0 Å². The molecular formula is C10H20N2. The zero-order valence-corrected chi connectivity index (χ0v) is 8.05. The minimum Gasteiger partial charge on any atom is -0.330 e. The van der Waals surface area contributed by atoms with Crippen LogP contribution in [0.4, 0.5) is 0 Å². The van der Waals surface area contributed by atoms with Crippen LogP contribution < -0.4 is 5.73 Å². The van der Waals surface area contributed by atoms with E-state index in [1.54, 1.807) is 0 Å². The molecule has 1 aliphatic heterocycles. The van der Waals surface area contributed by atoms with E-state index in [1.165, 1.54) is 31.4 Å². The van der Waals surface area contributed by atoms with Gasteiger partial charge in [0, 0.05) is 6.04 Å². The maximum absolute atomic E-state index is 5.50. The Bertz CT molecular complexity index is 154. The molecule has 0 amide bonds. The van der Waals surface area contributed by atoms with E-state index in [2.05, 4.69) is 18.5 Å². The van der Waals surface area contributed by atoms with E-state index in [0.29, 0.717) is 6.04 Å². The Kier molecular flexibility index (Phi) is 3.76. The van der Waals surface area contributed by atoms with Crippen LogP contribution in [-0.2, 0) is 0 Å². The second-order valence-electron chi connectivity index (χ2n) is 3.69. The summed E-state index contributed by atoms with van der Waals surface area (Å²) in [5, 5.41) is 0. The summed E-state index contributed by atoms with van der Waals surface area (Å²) < 4.78 is 0. The van der Waals surface area contributed by atoms with Gasteiger partial charge < -0.3 is 5.73 Å². The van der Waals surface area contributed by atoms with Gasteiger partial charge in [0.15, 0.2) is 0 Å². The molecular weight excluding hydrogens is 148 g/mol. The molecule has 0 spiro atoms. The van der Waals surface area contributed by atoms with Gasteiger partial charge in [0.2, 0.25) is 0 Å². The quantitative estimate of drug-likeness (QED) is 0.645. The molecule has 1 heterocycles. The standard InChI is InChI=1S/C10H20N2/c1-9(6-7-11)10-5-3-4-8-12(10)2/h10H,1,3-8,11H2,2H3. The Labute approximate surface area is 75.4 Å². The second-order valence-corrected chi connectivity index (χ2v) is 3.69. The van der Waals surface area contributed by atoms with Crippen LogP contribution in [0.1, 0.15) is 25.7 Å². The van der Waals surface area contributed by atoms with Crippen molar-refractivity contribution in [1.82, 2.24) is 4.90 Å². The highest BCUT2D eigenvalue weighted by atomic mass is 15.1. The summed E-state index contributed by atoms with van der Waals surface area (Å²) in [5.41, 5.74) is 6.82. The highest BCUT2D eigenvalue weighted by molar-refractivity contribution is 5.07. The van der Waals surface area contributed by atoms with Gasteiger partial charge in [-0.1, -0.05) is 18.6 Å². The van der Waals surface area contributed by atoms with Crippen molar-refractivity contribution in [3.05, 3.63) is 12.2 Å². The first-order valence-corrected chi connectivity index (χ1v) is 4.83. The number of hydrogen-bond acceptors (Lipinski definition) is 2. The molecule has 1 atom stereocenters. The fraction of sp³-hybridized carbons (Fsp3) is 0.800. The van der Waals surface area contributed by atoms with E-state index in [0.717, 1.165) is 13.0 Å². The van der Waals surface area contributed by atoms with Gasteiger partial charge in [-0.2, -0.15) is 0 Å². The summed E-state index contributed by atoms with van der Waals surface area (Å²) in [6.45, 7) is 6.05. The van der Waals surface area contributed by atoms with Crippen LogP contribution in [0.25, 0.3) is 0 Å². The topological polar surface area (TPSA) is 29.3 Å². The molecule has 2 heteroatoms. The number of piperidine rings is 1. The van der Waals surface area contributed by atoms with Crippen LogP contribution in [0.5, 0.6) is 0 Å². The summed E-state index contributed by atoms with van der Waals surface area (Å²) in [6, 6.07) is 0.599. The number of hydrogen-bond donors (Lipinski definition) is 1. The molecule has 12 heavy (non-hydrogen) atoms. The van der Waals surface area contributed by atoms with Crippen LogP contribution in [0.2, 0.25) is 0 Å². The van der Waals surface area contributed by atoms with Crippen molar-refractivity contribution in [3.8, 4) is 0 Å². The summed E-state index contributed by atoms with van der Waals surface area (Å²) >= 11 is 0. The van der Waals surface area contributed by atoms with Gasteiger partial charge in [-0.05, 0) is 39.4 Å². The van der Waals surface area contributed by atoms with E-state index >= 15 is 0 Å². The van der Waals surface area contributed by atoms with Gasteiger partial charge in [-0.3, -0.25) is 4.90 Å². The number of nitrogens with two attached hydrogens (primary N) is 1. The number of likely N-dealkylation sites (tertiary alicyclic amines) is 1. The minimum atomic E-state index is 0.599. The lowest BCUT2D eigenvalue weighted by molar-refractivity contribution is 0.210. The Morgan fingerprint density at radius 2 is 2.33 bits per heavy atom. The fourth-order valence-electron chi connectivity index (χ4n) is 1.94. The van der Waals surface area contributed by atoms with Crippen LogP contribution in [0.3, 0.4) is 0 Å². The van der Waals surface area contributed by atoms with E-state index < -0.39 is 0 Å². The summed E-state index contributed by atoms with van der Waals surface area (Å²) in [7, 11) is 2.19. The van der Waals surface area contributed by atoms with Gasteiger partial charge in [0.1, 0.15) is 0 Å². The smallest absolute Gasteiger partial charge is 0.0302 e. The minimum absolute atomic E-state index is 0.599. The Balaban J connectivity index is 2.42. The van der Waals surface area contributed by atoms with E-state index in [1.807, 2.05) is 0 Å². The van der Waals surface area contributed by atoms with Crippen LogP contribution >= 0.6 is 0 Å². The predicted octanol–water partition coefficient (Wildman–Crippen LogP) is 1.38. The molecule has 1 aliphatic rings. The van der Waals surface area contributed by atoms with Crippen molar-refractivity contribution in [1.29, 1.82) is 0 Å².